The molecule has 2 heterocycles. The number of hydrogen-bond acceptors (Lipinski definition) is 2. The summed E-state index contributed by atoms with van der Waals surface area (Å²) in [4.78, 5) is 29.8. The second-order valence-corrected chi connectivity index (χ2v) is 8.62. The molecule has 1 aromatic carbocycles. The Morgan fingerprint density at radius 2 is 1.33 bits per heavy atom. The number of carbonyl (C=O) groups excluding carboxylic acids is 2. The van der Waals surface area contributed by atoms with E-state index in [4.69, 9.17) is 0 Å². The van der Waals surface area contributed by atoms with Crippen molar-refractivity contribution < 1.29 is 9.59 Å². The molecule has 3 fully saturated rings. The van der Waals surface area contributed by atoms with E-state index in [1.54, 1.807) is 0 Å². The maximum absolute atomic E-state index is 13.1. The first-order valence-electron chi connectivity index (χ1n) is 10.8. The number of nitrogens with zero attached hydrogens (tertiary/aromatic N) is 2. The molecule has 0 bridgehead atoms. The van der Waals surface area contributed by atoms with Crippen LogP contribution < -0.4 is 0 Å². The summed E-state index contributed by atoms with van der Waals surface area (Å²) >= 11 is 0. The second kappa shape index (κ2) is 8.45. The fourth-order valence-electron chi connectivity index (χ4n) is 5.21. The normalized spacial score (nSPS) is 25.0. The highest BCUT2D eigenvalue weighted by Crippen LogP contribution is 2.31. The lowest BCUT2D eigenvalue weighted by atomic mass is 9.88. The van der Waals surface area contributed by atoms with Crippen molar-refractivity contribution in [2.45, 2.75) is 57.3 Å². The first kappa shape index (κ1) is 18.5. The molecule has 0 N–H and O–H groups in total. The number of benzene rings is 1. The van der Waals surface area contributed by atoms with Crippen molar-refractivity contribution >= 4 is 11.8 Å². The highest BCUT2D eigenvalue weighted by atomic mass is 16.2. The zero-order valence-corrected chi connectivity index (χ0v) is 16.3. The summed E-state index contributed by atoms with van der Waals surface area (Å²) in [6.45, 7) is 3.27. The molecule has 1 saturated carbocycles. The fourth-order valence-corrected chi connectivity index (χ4v) is 5.21. The molecule has 27 heavy (non-hydrogen) atoms. The van der Waals surface area contributed by atoms with Gasteiger partial charge < -0.3 is 9.80 Å². The summed E-state index contributed by atoms with van der Waals surface area (Å²) in [6, 6.07) is 10.6. The smallest absolute Gasteiger partial charge is 0.225 e. The van der Waals surface area contributed by atoms with Gasteiger partial charge in [-0.3, -0.25) is 9.59 Å². The van der Waals surface area contributed by atoms with E-state index in [1.165, 1.54) is 24.8 Å². The largest absolute Gasteiger partial charge is 0.342 e. The molecular formula is C23H32N2O2. The molecular weight excluding hydrogens is 336 g/mol. The number of piperidine rings is 2. The Hall–Kier alpha value is -1.84. The van der Waals surface area contributed by atoms with E-state index >= 15 is 0 Å². The van der Waals surface area contributed by atoms with Crippen LogP contribution in [0.25, 0.3) is 0 Å². The van der Waals surface area contributed by atoms with Gasteiger partial charge in [0.05, 0.1) is 0 Å². The van der Waals surface area contributed by atoms with Crippen LogP contribution in [-0.2, 0) is 9.59 Å². The molecule has 2 saturated heterocycles. The van der Waals surface area contributed by atoms with Gasteiger partial charge in [-0.2, -0.15) is 0 Å². The van der Waals surface area contributed by atoms with Crippen LogP contribution in [0.1, 0.15) is 62.8 Å². The van der Waals surface area contributed by atoms with Crippen molar-refractivity contribution in [1.29, 1.82) is 0 Å². The van der Waals surface area contributed by atoms with Crippen LogP contribution in [0, 0.1) is 11.8 Å². The maximum Gasteiger partial charge on any atom is 0.225 e. The van der Waals surface area contributed by atoms with Gasteiger partial charge in [-0.1, -0.05) is 43.2 Å². The first-order chi connectivity index (χ1) is 13.2. The Labute approximate surface area is 162 Å². The summed E-state index contributed by atoms with van der Waals surface area (Å²) in [7, 11) is 0. The summed E-state index contributed by atoms with van der Waals surface area (Å²) in [5.41, 5.74) is 1.35. The molecule has 2 amide bonds. The molecule has 1 atom stereocenters. The van der Waals surface area contributed by atoms with Gasteiger partial charge in [0.15, 0.2) is 0 Å². The molecule has 1 aromatic rings. The molecule has 4 heteroatoms. The van der Waals surface area contributed by atoms with Gasteiger partial charge in [0, 0.05) is 43.9 Å². The van der Waals surface area contributed by atoms with Gasteiger partial charge in [0.1, 0.15) is 0 Å². The van der Waals surface area contributed by atoms with Gasteiger partial charge >= 0.3 is 0 Å². The van der Waals surface area contributed by atoms with Crippen LogP contribution in [0.2, 0.25) is 0 Å². The third-order valence-electron chi connectivity index (χ3n) is 6.86. The van der Waals surface area contributed by atoms with Crippen LogP contribution in [0.5, 0.6) is 0 Å². The van der Waals surface area contributed by atoms with Crippen molar-refractivity contribution in [2.24, 2.45) is 11.8 Å². The molecule has 146 valence electrons. The number of likely N-dealkylation sites (tertiary alicyclic amines) is 2. The Morgan fingerprint density at radius 3 is 2.04 bits per heavy atom. The van der Waals surface area contributed by atoms with Crippen LogP contribution in [-0.4, -0.2) is 47.8 Å². The molecule has 0 spiro atoms. The van der Waals surface area contributed by atoms with E-state index in [1.807, 2.05) is 4.90 Å². The monoisotopic (exact) mass is 368 g/mol. The summed E-state index contributed by atoms with van der Waals surface area (Å²) in [5.74, 6) is 1.50. The molecule has 1 aliphatic carbocycles. The lowest BCUT2D eigenvalue weighted by Gasteiger charge is -2.38. The zero-order valence-electron chi connectivity index (χ0n) is 16.3. The lowest BCUT2D eigenvalue weighted by molar-refractivity contribution is -0.143. The van der Waals surface area contributed by atoms with Crippen molar-refractivity contribution in [3.05, 3.63) is 35.9 Å². The van der Waals surface area contributed by atoms with Crippen LogP contribution in [0.4, 0.5) is 0 Å². The average Bonchev–Trinajstić information content (AvgIpc) is 3.28. The maximum atomic E-state index is 13.1. The average molecular weight is 369 g/mol. The topological polar surface area (TPSA) is 40.6 Å². The third kappa shape index (κ3) is 4.20. The van der Waals surface area contributed by atoms with E-state index < -0.39 is 0 Å². The molecule has 2 aliphatic heterocycles. The zero-order chi connectivity index (χ0) is 18.6. The molecule has 0 radical (unpaired) electrons. The van der Waals surface area contributed by atoms with Gasteiger partial charge in [-0.05, 0) is 44.1 Å². The second-order valence-electron chi connectivity index (χ2n) is 8.62. The molecule has 0 aromatic heterocycles. The van der Waals surface area contributed by atoms with Crippen LogP contribution >= 0.6 is 0 Å². The minimum atomic E-state index is 0.104. The molecule has 1 unspecified atom stereocenters. The summed E-state index contributed by atoms with van der Waals surface area (Å²) in [5, 5.41) is 0. The van der Waals surface area contributed by atoms with Crippen molar-refractivity contribution in [1.82, 2.24) is 9.80 Å². The van der Waals surface area contributed by atoms with Crippen molar-refractivity contribution in [3.8, 4) is 0 Å². The van der Waals surface area contributed by atoms with E-state index in [0.717, 1.165) is 58.3 Å². The highest BCUT2D eigenvalue weighted by molar-refractivity contribution is 5.81. The van der Waals surface area contributed by atoms with Crippen molar-refractivity contribution in [2.75, 3.05) is 26.2 Å². The molecule has 4 nitrogen and oxygen atoms in total. The Kier molecular flexibility index (Phi) is 5.80. The lowest BCUT2D eigenvalue weighted by Crippen LogP contribution is -2.47. The SMILES string of the molecule is O=C(C1CCCC1)N1CCC(C(=O)N2CCCC(c3ccccc3)C2)CC1. The number of carbonyl (C=O) groups is 2. The van der Waals surface area contributed by atoms with Gasteiger partial charge in [-0.15, -0.1) is 0 Å². The minimum Gasteiger partial charge on any atom is -0.342 e. The van der Waals surface area contributed by atoms with E-state index in [2.05, 4.69) is 35.2 Å². The number of amides is 2. The van der Waals surface area contributed by atoms with Crippen LogP contribution in [0.15, 0.2) is 30.3 Å². The number of rotatable bonds is 3. The quantitative estimate of drug-likeness (QED) is 0.814. The fraction of sp³-hybridized carbons (Fsp3) is 0.652. The Bertz CT molecular complexity index is 646. The standard InChI is InChI=1S/C23H32N2O2/c26-22(19-9-4-5-10-19)24-15-12-20(13-16-24)23(27)25-14-6-11-21(17-25)18-7-2-1-3-8-18/h1-3,7-8,19-21H,4-6,9-17H2. The Morgan fingerprint density at radius 1 is 0.704 bits per heavy atom. The first-order valence-corrected chi connectivity index (χ1v) is 10.8. The predicted octanol–water partition coefficient (Wildman–Crippen LogP) is 3.82. The minimum absolute atomic E-state index is 0.104. The van der Waals surface area contributed by atoms with Gasteiger partial charge in [0.2, 0.25) is 11.8 Å². The summed E-state index contributed by atoms with van der Waals surface area (Å²) < 4.78 is 0. The van der Waals surface area contributed by atoms with Crippen molar-refractivity contribution in [3.63, 3.8) is 0 Å². The molecule has 3 aliphatic rings. The van der Waals surface area contributed by atoms with Gasteiger partial charge in [0.25, 0.3) is 0 Å². The number of hydrogen-bond donors (Lipinski definition) is 0. The highest BCUT2D eigenvalue weighted by Gasteiger charge is 2.34. The molecule has 4 rings (SSSR count). The van der Waals surface area contributed by atoms with Crippen LogP contribution in [0.3, 0.4) is 0 Å². The third-order valence-corrected chi connectivity index (χ3v) is 6.86. The summed E-state index contributed by atoms with van der Waals surface area (Å²) in [6.07, 6.45) is 8.45. The van der Waals surface area contributed by atoms with E-state index in [0.29, 0.717) is 17.7 Å². The van der Waals surface area contributed by atoms with E-state index in [-0.39, 0.29) is 11.8 Å². The van der Waals surface area contributed by atoms with Gasteiger partial charge in [-0.25, -0.2) is 0 Å². The Balaban J connectivity index is 1.30. The predicted molar refractivity (Wildman–Crippen MR) is 106 cm³/mol. The van der Waals surface area contributed by atoms with E-state index in [9.17, 15) is 9.59 Å².